The highest BCUT2D eigenvalue weighted by atomic mass is 32.2. The summed E-state index contributed by atoms with van der Waals surface area (Å²) >= 11 is 1.48. The first-order valence-electron chi connectivity index (χ1n) is 7.97. The summed E-state index contributed by atoms with van der Waals surface area (Å²) in [6.07, 6.45) is 1.71. The molecular formula is C16H20N2O4S3. The van der Waals surface area contributed by atoms with E-state index >= 15 is 0 Å². The van der Waals surface area contributed by atoms with Crippen molar-refractivity contribution in [1.82, 2.24) is 9.03 Å². The molecule has 9 heteroatoms. The zero-order chi connectivity index (χ0) is 18.1. The van der Waals surface area contributed by atoms with Crippen molar-refractivity contribution in [1.29, 1.82) is 0 Å². The number of thiophene rings is 1. The van der Waals surface area contributed by atoms with Gasteiger partial charge in [-0.25, -0.2) is 21.6 Å². The first-order valence-corrected chi connectivity index (χ1v) is 11.8. The van der Waals surface area contributed by atoms with Gasteiger partial charge in [0, 0.05) is 18.0 Å². The van der Waals surface area contributed by atoms with E-state index in [4.69, 9.17) is 0 Å². The maximum Gasteiger partial charge on any atom is 0.243 e. The molecule has 0 aliphatic carbocycles. The summed E-state index contributed by atoms with van der Waals surface area (Å²) < 4.78 is 54.0. The minimum Gasteiger partial charge on any atom is -0.207 e. The van der Waals surface area contributed by atoms with Crippen molar-refractivity contribution < 1.29 is 16.8 Å². The first kappa shape index (κ1) is 18.5. The third-order valence-corrected chi connectivity index (χ3v) is 8.66. The van der Waals surface area contributed by atoms with Crippen LogP contribution in [0.25, 0.3) is 0 Å². The summed E-state index contributed by atoms with van der Waals surface area (Å²) in [6, 6.07) is 8.78. The molecule has 0 radical (unpaired) electrons. The summed E-state index contributed by atoms with van der Waals surface area (Å²) in [4.78, 5) is 1.09. The Hall–Kier alpha value is -1.26. The Balaban J connectivity index is 1.79. The van der Waals surface area contributed by atoms with Crippen LogP contribution in [0, 0.1) is 0 Å². The molecule has 1 aliphatic heterocycles. The number of hydrogen-bond donors (Lipinski definition) is 1. The van der Waals surface area contributed by atoms with Gasteiger partial charge in [0.1, 0.15) is 0 Å². The van der Waals surface area contributed by atoms with Crippen LogP contribution in [0.4, 0.5) is 0 Å². The lowest BCUT2D eigenvalue weighted by atomic mass is 10.3. The van der Waals surface area contributed by atoms with Gasteiger partial charge in [-0.1, -0.05) is 6.07 Å². The molecule has 6 nitrogen and oxygen atoms in total. The van der Waals surface area contributed by atoms with Crippen LogP contribution in [0.5, 0.6) is 0 Å². The van der Waals surface area contributed by atoms with Crippen molar-refractivity contribution in [3.05, 3.63) is 46.7 Å². The predicted molar refractivity (Wildman–Crippen MR) is 97.5 cm³/mol. The van der Waals surface area contributed by atoms with Crippen molar-refractivity contribution >= 4 is 31.4 Å². The molecule has 25 heavy (non-hydrogen) atoms. The predicted octanol–water partition coefficient (Wildman–Crippen LogP) is 2.57. The fourth-order valence-corrected chi connectivity index (χ4v) is 6.31. The summed E-state index contributed by atoms with van der Waals surface area (Å²) in [7, 11) is -7.26. The fraction of sp³-hybridized carbons (Fsp3) is 0.375. The van der Waals surface area contributed by atoms with Gasteiger partial charge in [0.25, 0.3) is 0 Å². The molecule has 1 N–H and O–H groups in total. The highest BCUT2D eigenvalue weighted by Crippen LogP contribution is 2.24. The van der Waals surface area contributed by atoms with Crippen LogP contribution in [0.1, 0.15) is 30.7 Å². The Morgan fingerprint density at radius 2 is 1.60 bits per heavy atom. The highest BCUT2D eigenvalue weighted by molar-refractivity contribution is 7.89. The maximum atomic E-state index is 12.5. The number of nitrogens with zero attached hydrogens (tertiary/aromatic N) is 1. The normalized spacial score (nSPS) is 17.6. The third kappa shape index (κ3) is 3.95. The molecule has 0 bridgehead atoms. The topological polar surface area (TPSA) is 83.5 Å². The molecule has 0 unspecified atom stereocenters. The molecule has 1 saturated heterocycles. The van der Waals surface area contributed by atoms with Gasteiger partial charge in [0.15, 0.2) is 0 Å². The van der Waals surface area contributed by atoms with Gasteiger partial charge >= 0.3 is 0 Å². The first-order chi connectivity index (χ1) is 11.8. The number of sulfonamides is 2. The van der Waals surface area contributed by atoms with Crippen LogP contribution >= 0.6 is 11.3 Å². The summed E-state index contributed by atoms with van der Waals surface area (Å²) in [5, 5.41) is 1.89. The van der Waals surface area contributed by atoms with Crippen molar-refractivity contribution in [3.63, 3.8) is 0 Å². The van der Waals surface area contributed by atoms with Gasteiger partial charge in [-0.3, -0.25) is 0 Å². The van der Waals surface area contributed by atoms with Gasteiger partial charge in [-0.2, -0.15) is 4.31 Å². The van der Waals surface area contributed by atoms with Crippen molar-refractivity contribution in [3.8, 4) is 0 Å². The number of hydrogen-bond acceptors (Lipinski definition) is 5. The van der Waals surface area contributed by atoms with E-state index < -0.39 is 20.0 Å². The Kier molecular flexibility index (Phi) is 5.31. The van der Waals surface area contributed by atoms with Crippen LogP contribution in [-0.2, 0) is 20.0 Å². The molecule has 1 aliphatic rings. The molecule has 0 spiro atoms. The number of benzene rings is 1. The number of nitrogens with one attached hydrogen (secondary N) is 1. The van der Waals surface area contributed by atoms with E-state index in [-0.39, 0.29) is 15.8 Å². The smallest absolute Gasteiger partial charge is 0.207 e. The zero-order valence-corrected chi connectivity index (χ0v) is 16.2. The quantitative estimate of drug-likeness (QED) is 0.808. The molecule has 0 saturated carbocycles. The standard InChI is InChI=1S/C16H20N2O4S3/c1-13(16-5-4-12-23-16)17-24(19,20)14-6-8-15(9-7-14)25(21,22)18-10-2-3-11-18/h4-9,12-13,17H,2-3,10-11H2,1H3/t13-/m1/s1. The summed E-state index contributed by atoms with van der Waals surface area (Å²) in [5.41, 5.74) is 0. The largest absolute Gasteiger partial charge is 0.243 e. The minimum atomic E-state index is -3.72. The van der Waals surface area contributed by atoms with Crippen LogP contribution in [0.2, 0.25) is 0 Å². The van der Waals surface area contributed by atoms with Gasteiger partial charge in [-0.05, 0) is 55.5 Å². The van der Waals surface area contributed by atoms with Crippen molar-refractivity contribution in [2.75, 3.05) is 13.1 Å². The average Bonchev–Trinajstić information content (AvgIpc) is 3.28. The molecule has 1 fully saturated rings. The SMILES string of the molecule is C[C@@H](NS(=O)(=O)c1ccc(S(=O)(=O)N2CCCC2)cc1)c1cccs1. The van der Waals surface area contributed by atoms with E-state index in [0.29, 0.717) is 13.1 Å². The van der Waals surface area contributed by atoms with Crippen LogP contribution in [0.3, 0.4) is 0 Å². The molecule has 1 aromatic heterocycles. The van der Waals surface area contributed by atoms with Crippen LogP contribution in [-0.4, -0.2) is 34.2 Å². The van der Waals surface area contributed by atoms with Gasteiger partial charge in [0.2, 0.25) is 20.0 Å². The van der Waals surface area contributed by atoms with E-state index in [9.17, 15) is 16.8 Å². The second kappa shape index (κ2) is 7.16. The van der Waals surface area contributed by atoms with E-state index in [0.717, 1.165) is 17.7 Å². The van der Waals surface area contributed by atoms with Crippen molar-refractivity contribution in [2.45, 2.75) is 35.6 Å². The molecule has 3 rings (SSSR count). The zero-order valence-electron chi connectivity index (χ0n) is 13.8. The van der Waals surface area contributed by atoms with Gasteiger partial charge in [-0.15, -0.1) is 11.3 Å². The van der Waals surface area contributed by atoms with Gasteiger partial charge < -0.3 is 0 Å². The summed E-state index contributed by atoms with van der Waals surface area (Å²) in [6.45, 7) is 2.81. The summed E-state index contributed by atoms with van der Waals surface area (Å²) in [5.74, 6) is 0. The Morgan fingerprint density at radius 3 is 2.16 bits per heavy atom. The Labute approximate surface area is 152 Å². The minimum absolute atomic E-state index is 0.0521. The Bertz CT molecular complexity index is 914. The second-order valence-electron chi connectivity index (χ2n) is 5.94. The van der Waals surface area contributed by atoms with E-state index in [1.165, 1.54) is 39.9 Å². The monoisotopic (exact) mass is 400 g/mol. The van der Waals surface area contributed by atoms with E-state index in [1.807, 2.05) is 17.5 Å². The maximum absolute atomic E-state index is 12.5. The second-order valence-corrected chi connectivity index (χ2v) is 10.6. The van der Waals surface area contributed by atoms with Crippen LogP contribution < -0.4 is 4.72 Å². The van der Waals surface area contributed by atoms with E-state index in [2.05, 4.69) is 4.72 Å². The third-order valence-electron chi connectivity index (χ3n) is 4.14. The van der Waals surface area contributed by atoms with Crippen LogP contribution in [0.15, 0.2) is 51.6 Å². The molecule has 0 amide bonds. The highest BCUT2D eigenvalue weighted by Gasteiger charge is 2.27. The lowest BCUT2D eigenvalue weighted by Crippen LogP contribution is -2.28. The molecule has 136 valence electrons. The lowest BCUT2D eigenvalue weighted by Gasteiger charge is -2.16. The molecular weight excluding hydrogens is 380 g/mol. The molecule has 1 aromatic carbocycles. The molecule has 1 atom stereocenters. The molecule has 2 heterocycles. The number of rotatable bonds is 6. The molecule has 2 aromatic rings. The Morgan fingerprint density at radius 1 is 1.00 bits per heavy atom. The van der Waals surface area contributed by atoms with Gasteiger partial charge in [0.05, 0.1) is 15.8 Å². The van der Waals surface area contributed by atoms with Crippen molar-refractivity contribution in [2.24, 2.45) is 0 Å². The lowest BCUT2D eigenvalue weighted by molar-refractivity contribution is 0.477. The van der Waals surface area contributed by atoms with E-state index in [1.54, 1.807) is 6.92 Å². The average molecular weight is 401 g/mol. The fourth-order valence-electron chi connectivity index (χ4n) is 2.76.